The Hall–Kier alpha value is -1.07. The molecule has 21 heavy (non-hydrogen) atoms. The van der Waals surface area contributed by atoms with Crippen molar-refractivity contribution >= 4 is 22.0 Å². The van der Waals surface area contributed by atoms with Gasteiger partial charge in [-0.3, -0.25) is 0 Å². The van der Waals surface area contributed by atoms with Crippen LogP contribution in [0.15, 0.2) is 28.7 Å². The smallest absolute Gasteiger partial charge is 0.404 e. The SMILES string of the molecule is O=C(O)N[C@H]1CC[C@H](NC2CC2c2ccc(Br)cc2)CC1. The Morgan fingerprint density at radius 2 is 1.71 bits per heavy atom. The molecule has 3 rings (SSSR count). The second-order valence-corrected chi connectivity index (χ2v) is 7.08. The first-order valence-electron chi connectivity index (χ1n) is 7.63. The number of nitrogens with one attached hydrogen (secondary N) is 2. The molecule has 2 unspecified atom stereocenters. The summed E-state index contributed by atoms with van der Waals surface area (Å²) < 4.78 is 1.13. The predicted octanol–water partition coefficient (Wildman–Crippen LogP) is 3.47. The molecule has 3 N–H and O–H groups in total. The van der Waals surface area contributed by atoms with Crippen LogP contribution in [0.4, 0.5) is 4.79 Å². The van der Waals surface area contributed by atoms with Crippen LogP contribution in [0.3, 0.4) is 0 Å². The summed E-state index contributed by atoms with van der Waals surface area (Å²) in [6.45, 7) is 0. The number of halogens is 1. The molecule has 1 amide bonds. The Kier molecular flexibility index (Phi) is 4.50. The Balaban J connectivity index is 1.43. The maximum absolute atomic E-state index is 10.6. The number of hydrogen-bond acceptors (Lipinski definition) is 2. The first-order chi connectivity index (χ1) is 10.1. The van der Waals surface area contributed by atoms with Gasteiger partial charge in [-0.2, -0.15) is 0 Å². The highest BCUT2D eigenvalue weighted by atomic mass is 79.9. The number of rotatable bonds is 4. The average Bonchev–Trinajstić information content (AvgIpc) is 3.20. The van der Waals surface area contributed by atoms with Crippen LogP contribution < -0.4 is 10.6 Å². The molecule has 2 atom stereocenters. The van der Waals surface area contributed by atoms with Gasteiger partial charge < -0.3 is 15.7 Å². The zero-order valence-electron chi connectivity index (χ0n) is 11.9. The number of hydrogen-bond donors (Lipinski definition) is 3. The minimum absolute atomic E-state index is 0.141. The topological polar surface area (TPSA) is 61.4 Å². The molecule has 114 valence electrons. The maximum atomic E-state index is 10.6. The van der Waals surface area contributed by atoms with E-state index in [0.717, 1.165) is 30.2 Å². The summed E-state index contributed by atoms with van der Waals surface area (Å²) in [5, 5.41) is 15.1. The fourth-order valence-corrected chi connectivity index (χ4v) is 3.60. The molecule has 4 nitrogen and oxygen atoms in total. The molecule has 2 aliphatic rings. The van der Waals surface area contributed by atoms with Gasteiger partial charge in [0, 0.05) is 28.5 Å². The van der Waals surface area contributed by atoms with Crippen molar-refractivity contribution in [1.82, 2.24) is 10.6 Å². The van der Waals surface area contributed by atoms with Gasteiger partial charge in [0.15, 0.2) is 0 Å². The Bertz CT molecular complexity index is 498. The molecule has 1 aromatic rings. The quantitative estimate of drug-likeness (QED) is 0.777. The summed E-state index contributed by atoms with van der Waals surface area (Å²) >= 11 is 3.47. The summed E-state index contributed by atoms with van der Waals surface area (Å²) in [5.74, 6) is 0.646. The van der Waals surface area contributed by atoms with Gasteiger partial charge in [-0.25, -0.2) is 4.79 Å². The zero-order chi connectivity index (χ0) is 14.8. The van der Waals surface area contributed by atoms with E-state index < -0.39 is 6.09 Å². The van der Waals surface area contributed by atoms with Crippen LogP contribution >= 0.6 is 15.9 Å². The van der Waals surface area contributed by atoms with Crippen molar-refractivity contribution in [2.45, 2.75) is 56.1 Å². The Morgan fingerprint density at radius 3 is 2.33 bits per heavy atom. The third-order valence-corrected chi connectivity index (χ3v) is 5.12. The molecule has 0 heterocycles. The molecule has 0 bridgehead atoms. The van der Waals surface area contributed by atoms with E-state index in [2.05, 4.69) is 50.8 Å². The Morgan fingerprint density at radius 1 is 1.10 bits per heavy atom. The number of carboxylic acid groups (broad SMARTS) is 1. The summed E-state index contributed by atoms with van der Waals surface area (Å²) in [7, 11) is 0. The number of benzene rings is 1. The van der Waals surface area contributed by atoms with E-state index in [0.29, 0.717) is 18.0 Å². The standard InChI is InChI=1S/C16H21BrN2O2/c17-11-3-1-10(2-4-11)14-9-15(14)18-12-5-7-13(8-6-12)19-16(20)21/h1-4,12-15,18-19H,5-9H2,(H,20,21)/t12-,13-,14?,15?. The van der Waals surface area contributed by atoms with Crippen molar-refractivity contribution in [3.63, 3.8) is 0 Å². The van der Waals surface area contributed by atoms with Crippen LogP contribution in [-0.2, 0) is 0 Å². The van der Waals surface area contributed by atoms with Crippen LogP contribution in [0, 0.1) is 0 Å². The van der Waals surface area contributed by atoms with E-state index in [1.807, 2.05) is 0 Å². The van der Waals surface area contributed by atoms with Crippen molar-refractivity contribution in [3.8, 4) is 0 Å². The van der Waals surface area contributed by atoms with Gasteiger partial charge in [0.25, 0.3) is 0 Å². The molecule has 0 aromatic heterocycles. The number of amides is 1. The van der Waals surface area contributed by atoms with Crippen LogP contribution in [0.25, 0.3) is 0 Å². The van der Waals surface area contributed by atoms with Crippen LogP contribution in [-0.4, -0.2) is 29.3 Å². The summed E-state index contributed by atoms with van der Waals surface area (Å²) in [6.07, 6.45) is 4.33. The Labute approximate surface area is 133 Å². The van der Waals surface area contributed by atoms with Gasteiger partial charge in [-0.1, -0.05) is 28.1 Å². The zero-order valence-corrected chi connectivity index (χ0v) is 13.5. The van der Waals surface area contributed by atoms with Gasteiger partial charge >= 0.3 is 6.09 Å². The monoisotopic (exact) mass is 352 g/mol. The van der Waals surface area contributed by atoms with Crippen molar-refractivity contribution in [3.05, 3.63) is 34.3 Å². The fraction of sp³-hybridized carbons (Fsp3) is 0.562. The lowest BCUT2D eigenvalue weighted by atomic mass is 9.91. The van der Waals surface area contributed by atoms with Gasteiger partial charge in [-0.15, -0.1) is 0 Å². The first-order valence-corrected chi connectivity index (χ1v) is 8.42. The third kappa shape index (κ3) is 3.98. The van der Waals surface area contributed by atoms with E-state index in [9.17, 15) is 4.79 Å². The van der Waals surface area contributed by atoms with Gasteiger partial charge in [0.1, 0.15) is 0 Å². The van der Waals surface area contributed by atoms with Crippen molar-refractivity contribution in [2.75, 3.05) is 0 Å². The highest BCUT2D eigenvalue weighted by Gasteiger charge is 2.39. The summed E-state index contributed by atoms with van der Waals surface area (Å²) in [5.41, 5.74) is 1.41. The largest absolute Gasteiger partial charge is 0.465 e. The molecule has 0 saturated heterocycles. The molecule has 2 aliphatic carbocycles. The molecule has 0 spiro atoms. The third-order valence-electron chi connectivity index (χ3n) is 4.59. The summed E-state index contributed by atoms with van der Waals surface area (Å²) in [4.78, 5) is 10.6. The van der Waals surface area contributed by atoms with E-state index in [1.54, 1.807) is 0 Å². The molecule has 5 heteroatoms. The van der Waals surface area contributed by atoms with Gasteiger partial charge in [0.2, 0.25) is 0 Å². The van der Waals surface area contributed by atoms with Crippen molar-refractivity contribution in [1.29, 1.82) is 0 Å². The van der Waals surface area contributed by atoms with E-state index in [4.69, 9.17) is 5.11 Å². The first kappa shape index (κ1) is 14.9. The normalized spacial score (nSPS) is 31.7. The lowest BCUT2D eigenvalue weighted by Gasteiger charge is -2.29. The van der Waals surface area contributed by atoms with Crippen molar-refractivity contribution < 1.29 is 9.90 Å². The minimum Gasteiger partial charge on any atom is -0.465 e. The molecule has 0 aliphatic heterocycles. The second kappa shape index (κ2) is 6.36. The van der Waals surface area contributed by atoms with Crippen LogP contribution in [0.2, 0.25) is 0 Å². The van der Waals surface area contributed by atoms with E-state index >= 15 is 0 Å². The molecular formula is C16H21BrN2O2. The molecule has 2 saturated carbocycles. The maximum Gasteiger partial charge on any atom is 0.404 e. The average molecular weight is 353 g/mol. The number of carbonyl (C=O) groups is 1. The van der Waals surface area contributed by atoms with Gasteiger partial charge in [-0.05, 0) is 49.8 Å². The lowest BCUT2D eigenvalue weighted by Crippen LogP contribution is -2.42. The second-order valence-electron chi connectivity index (χ2n) is 6.16. The molecule has 1 aromatic carbocycles. The molecule has 0 radical (unpaired) electrons. The lowest BCUT2D eigenvalue weighted by molar-refractivity contribution is 0.183. The molecule has 2 fully saturated rings. The predicted molar refractivity (Wildman–Crippen MR) is 85.6 cm³/mol. The molecular weight excluding hydrogens is 332 g/mol. The van der Waals surface area contributed by atoms with E-state index in [1.165, 1.54) is 12.0 Å². The summed E-state index contributed by atoms with van der Waals surface area (Å²) in [6, 6.07) is 9.89. The fourth-order valence-electron chi connectivity index (χ4n) is 3.34. The van der Waals surface area contributed by atoms with Crippen LogP contribution in [0.1, 0.15) is 43.6 Å². The van der Waals surface area contributed by atoms with Crippen LogP contribution in [0.5, 0.6) is 0 Å². The minimum atomic E-state index is -0.899. The highest BCUT2D eigenvalue weighted by molar-refractivity contribution is 9.10. The highest BCUT2D eigenvalue weighted by Crippen LogP contribution is 2.42. The van der Waals surface area contributed by atoms with Crippen molar-refractivity contribution in [2.24, 2.45) is 0 Å². The van der Waals surface area contributed by atoms with Gasteiger partial charge in [0.05, 0.1) is 0 Å². The van der Waals surface area contributed by atoms with E-state index in [-0.39, 0.29) is 6.04 Å².